The molecule has 194 valence electrons. The summed E-state index contributed by atoms with van der Waals surface area (Å²) in [6, 6.07) is 17.2. The smallest absolute Gasteiger partial charge is 0.261 e. The standard InChI is InChI=1S/C29H29ClN6O2/c1-2-3-16-38-27-11-10-22(18-26(27)30)28-24(20-36(34-28)25-8-5-4-6-9-25)17-23(19-31)29(37)33-12-7-14-35-15-13-32-21-35/h4-6,8-11,13,15,17-18,20-21H,2-3,7,12,14,16H2,1H3,(H,33,37). The van der Waals surface area contributed by atoms with Gasteiger partial charge in [0.25, 0.3) is 5.91 Å². The monoisotopic (exact) mass is 528 g/mol. The Hall–Kier alpha value is -4.35. The van der Waals surface area contributed by atoms with Crippen LogP contribution >= 0.6 is 11.6 Å². The number of aromatic nitrogens is 4. The van der Waals surface area contributed by atoms with E-state index in [1.807, 2.05) is 59.3 Å². The topological polar surface area (TPSA) is 97.8 Å². The van der Waals surface area contributed by atoms with Crippen molar-refractivity contribution < 1.29 is 9.53 Å². The van der Waals surface area contributed by atoms with E-state index in [1.54, 1.807) is 35.5 Å². The number of imidazole rings is 1. The third kappa shape index (κ3) is 6.90. The van der Waals surface area contributed by atoms with E-state index in [4.69, 9.17) is 21.4 Å². The lowest BCUT2D eigenvalue weighted by Crippen LogP contribution is -2.26. The number of nitrogens with zero attached hydrogens (tertiary/aromatic N) is 5. The number of hydrogen-bond acceptors (Lipinski definition) is 5. The molecule has 4 rings (SSSR count). The first kappa shape index (κ1) is 26.7. The first-order valence-electron chi connectivity index (χ1n) is 12.5. The van der Waals surface area contributed by atoms with Gasteiger partial charge in [0.15, 0.2) is 0 Å². The van der Waals surface area contributed by atoms with E-state index in [0.29, 0.717) is 41.6 Å². The van der Waals surface area contributed by atoms with Crippen LogP contribution < -0.4 is 10.1 Å². The molecule has 9 heteroatoms. The van der Waals surface area contributed by atoms with Crippen LogP contribution in [0.15, 0.2) is 79.0 Å². The van der Waals surface area contributed by atoms with Gasteiger partial charge in [0.05, 0.1) is 23.6 Å². The first-order valence-corrected chi connectivity index (χ1v) is 12.9. The van der Waals surface area contributed by atoms with Gasteiger partial charge >= 0.3 is 0 Å². The van der Waals surface area contributed by atoms with Gasteiger partial charge in [-0.25, -0.2) is 9.67 Å². The zero-order valence-corrected chi connectivity index (χ0v) is 21.9. The quantitative estimate of drug-likeness (QED) is 0.145. The van der Waals surface area contributed by atoms with E-state index >= 15 is 0 Å². The summed E-state index contributed by atoms with van der Waals surface area (Å²) < 4.78 is 9.44. The lowest BCUT2D eigenvalue weighted by atomic mass is 10.1. The zero-order valence-electron chi connectivity index (χ0n) is 21.2. The van der Waals surface area contributed by atoms with Gasteiger partial charge in [0.1, 0.15) is 23.1 Å². The van der Waals surface area contributed by atoms with Gasteiger partial charge in [0, 0.05) is 42.8 Å². The number of nitrogens with one attached hydrogen (secondary N) is 1. The van der Waals surface area contributed by atoms with Crippen molar-refractivity contribution in [2.75, 3.05) is 13.2 Å². The Morgan fingerprint density at radius 3 is 2.76 bits per heavy atom. The van der Waals surface area contributed by atoms with Crippen molar-refractivity contribution in [1.29, 1.82) is 5.26 Å². The molecule has 0 atom stereocenters. The summed E-state index contributed by atoms with van der Waals surface area (Å²) in [5.41, 5.74) is 2.80. The second kappa shape index (κ2) is 13.3. The number of amides is 1. The minimum Gasteiger partial charge on any atom is -0.492 e. The maximum atomic E-state index is 12.8. The molecule has 0 spiro atoms. The van der Waals surface area contributed by atoms with Crippen LogP contribution in [0.2, 0.25) is 5.02 Å². The van der Waals surface area contributed by atoms with E-state index in [9.17, 15) is 10.1 Å². The number of ether oxygens (including phenoxy) is 1. The van der Waals surface area contributed by atoms with Gasteiger partial charge in [-0.05, 0) is 49.2 Å². The maximum Gasteiger partial charge on any atom is 0.261 e. The van der Waals surface area contributed by atoms with Crippen molar-refractivity contribution >= 4 is 23.6 Å². The summed E-state index contributed by atoms with van der Waals surface area (Å²) >= 11 is 6.53. The van der Waals surface area contributed by atoms with Crippen LogP contribution in [0.5, 0.6) is 5.75 Å². The molecule has 38 heavy (non-hydrogen) atoms. The molecule has 0 bridgehead atoms. The number of benzene rings is 2. The number of aryl methyl sites for hydroxylation is 1. The van der Waals surface area contributed by atoms with E-state index in [2.05, 4.69) is 17.2 Å². The highest BCUT2D eigenvalue weighted by molar-refractivity contribution is 6.32. The van der Waals surface area contributed by atoms with Gasteiger partial charge in [-0.15, -0.1) is 0 Å². The molecule has 0 aliphatic heterocycles. The highest BCUT2D eigenvalue weighted by atomic mass is 35.5. The van der Waals surface area contributed by atoms with Gasteiger partial charge < -0.3 is 14.6 Å². The van der Waals surface area contributed by atoms with E-state index < -0.39 is 5.91 Å². The summed E-state index contributed by atoms with van der Waals surface area (Å²) in [4.78, 5) is 16.8. The SMILES string of the molecule is CCCCOc1ccc(-c2nn(-c3ccccc3)cc2C=C(C#N)C(=O)NCCCn2ccnc2)cc1Cl. The molecule has 0 aliphatic rings. The van der Waals surface area contributed by atoms with E-state index in [-0.39, 0.29) is 5.57 Å². The molecule has 0 unspecified atom stereocenters. The van der Waals surface area contributed by atoms with Crippen LogP contribution in [-0.4, -0.2) is 38.4 Å². The number of rotatable bonds is 12. The van der Waals surface area contributed by atoms with Crippen molar-refractivity contribution in [3.05, 3.63) is 89.6 Å². The summed E-state index contributed by atoms with van der Waals surface area (Å²) in [5, 5.41) is 17.8. The molecule has 0 radical (unpaired) electrons. The molecule has 4 aromatic rings. The van der Waals surface area contributed by atoms with Crippen molar-refractivity contribution in [2.24, 2.45) is 0 Å². The Bertz CT molecular complexity index is 1420. The molecule has 8 nitrogen and oxygen atoms in total. The number of halogens is 1. The van der Waals surface area contributed by atoms with Crippen molar-refractivity contribution in [2.45, 2.75) is 32.7 Å². The van der Waals surface area contributed by atoms with Crippen molar-refractivity contribution in [1.82, 2.24) is 24.6 Å². The maximum absolute atomic E-state index is 12.8. The second-order valence-electron chi connectivity index (χ2n) is 8.64. The lowest BCUT2D eigenvalue weighted by molar-refractivity contribution is -0.117. The third-order valence-corrected chi connectivity index (χ3v) is 6.12. The molecule has 1 amide bonds. The molecule has 2 aromatic heterocycles. The lowest BCUT2D eigenvalue weighted by Gasteiger charge is -2.09. The Balaban J connectivity index is 1.59. The molecule has 0 aliphatic carbocycles. The number of carbonyl (C=O) groups is 1. The molecule has 1 N–H and O–H groups in total. The number of unbranched alkanes of at least 4 members (excludes halogenated alkanes) is 1. The fourth-order valence-electron chi connectivity index (χ4n) is 3.80. The summed E-state index contributed by atoms with van der Waals surface area (Å²) in [5.74, 6) is 0.172. The van der Waals surface area contributed by atoms with Gasteiger partial charge in [0.2, 0.25) is 0 Å². The molecule has 0 saturated carbocycles. The molecule has 2 heterocycles. The van der Waals surface area contributed by atoms with Crippen molar-refractivity contribution in [3.8, 4) is 28.8 Å². The first-order chi connectivity index (χ1) is 18.6. The minimum atomic E-state index is -0.436. The van der Waals surface area contributed by atoms with Crippen molar-refractivity contribution in [3.63, 3.8) is 0 Å². The highest BCUT2D eigenvalue weighted by Gasteiger charge is 2.16. The van der Waals surface area contributed by atoms with E-state index in [1.165, 1.54) is 0 Å². The Labute approximate surface area is 227 Å². The van der Waals surface area contributed by atoms with Crippen LogP contribution in [0.4, 0.5) is 0 Å². The molecule has 2 aromatic carbocycles. The van der Waals surface area contributed by atoms with Gasteiger partial charge in [-0.2, -0.15) is 10.4 Å². The second-order valence-corrected chi connectivity index (χ2v) is 9.05. The van der Waals surface area contributed by atoms with Crippen LogP contribution in [-0.2, 0) is 11.3 Å². The van der Waals surface area contributed by atoms with Gasteiger partial charge in [-0.1, -0.05) is 43.1 Å². The summed E-state index contributed by atoms with van der Waals surface area (Å²) in [6.07, 6.45) is 11.3. The average Bonchev–Trinajstić information content (AvgIpc) is 3.61. The number of nitriles is 1. The predicted molar refractivity (Wildman–Crippen MR) is 148 cm³/mol. The van der Waals surface area contributed by atoms with Crippen LogP contribution in [0, 0.1) is 11.3 Å². The average molecular weight is 529 g/mol. The minimum absolute atomic E-state index is 0.00731. The Morgan fingerprint density at radius 1 is 1.21 bits per heavy atom. The molecular weight excluding hydrogens is 500 g/mol. The third-order valence-electron chi connectivity index (χ3n) is 5.83. The zero-order chi connectivity index (χ0) is 26.7. The number of hydrogen-bond donors (Lipinski definition) is 1. The summed E-state index contributed by atoms with van der Waals surface area (Å²) in [7, 11) is 0. The van der Waals surface area contributed by atoms with Gasteiger partial charge in [-0.3, -0.25) is 4.79 Å². The normalized spacial score (nSPS) is 11.2. The number of carbonyl (C=O) groups excluding carboxylic acids is 1. The largest absolute Gasteiger partial charge is 0.492 e. The van der Waals surface area contributed by atoms with Crippen LogP contribution in [0.3, 0.4) is 0 Å². The van der Waals surface area contributed by atoms with Crippen LogP contribution in [0.1, 0.15) is 31.7 Å². The van der Waals surface area contributed by atoms with E-state index in [0.717, 1.165) is 30.6 Å². The predicted octanol–water partition coefficient (Wildman–Crippen LogP) is 5.68. The van der Waals surface area contributed by atoms with Crippen LogP contribution in [0.25, 0.3) is 23.0 Å². The Morgan fingerprint density at radius 2 is 2.05 bits per heavy atom. The number of para-hydroxylation sites is 1. The molecule has 0 saturated heterocycles. The summed E-state index contributed by atoms with van der Waals surface area (Å²) in [6.45, 7) is 3.85. The highest BCUT2D eigenvalue weighted by Crippen LogP contribution is 2.32. The molecule has 0 fully saturated rings. The fraction of sp³-hybridized carbons (Fsp3) is 0.241. The molecular formula is C29H29ClN6O2. The Kier molecular flexibility index (Phi) is 9.32. The fourth-order valence-corrected chi connectivity index (χ4v) is 4.04.